The van der Waals surface area contributed by atoms with Crippen molar-refractivity contribution in [2.45, 2.75) is 19.6 Å². The van der Waals surface area contributed by atoms with Gasteiger partial charge < -0.3 is 9.97 Å². The first kappa shape index (κ1) is 9.90. The number of anilines is 1. The molecule has 2 heterocycles. The molecule has 0 amide bonds. The molecule has 0 bridgehead atoms. The maximum Gasteiger partial charge on any atom is 0.280 e. The van der Waals surface area contributed by atoms with Crippen LogP contribution in [0.2, 0.25) is 19.6 Å². The highest BCUT2D eigenvalue weighted by atomic mass is 28.3. The first-order valence-electron chi connectivity index (χ1n) is 4.63. The topological polar surface area (TPSA) is 89.6 Å². The van der Waals surface area contributed by atoms with Gasteiger partial charge in [-0.15, -0.1) is 0 Å². The van der Waals surface area contributed by atoms with Crippen molar-refractivity contribution in [2.75, 3.05) is 5.73 Å². The van der Waals surface area contributed by atoms with Crippen LogP contribution in [-0.4, -0.2) is 27.4 Å². The molecule has 0 aliphatic carbocycles. The minimum absolute atomic E-state index is 0.132. The quantitative estimate of drug-likeness (QED) is 0.684. The molecule has 0 saturated carbocycles. The molecule has 0 radical (unpaired) electrons. The van der Waals surface area contributed by atoms with Gasteiger partial charge in [-0.3, -0.25) is 9.78 Å². The Morgan fingerprint density at radius 3 is 2.73 bits per heavy atom. The molecule has 2 rings (SSSR count). The summed E-state index contributed by atoms with van der Waals surface area (Å²) in [4.78, 5) is 22.1. The van der Waals surface area contributed by atoms with Gasteiger partial charge in [0.1, 0.15) is 0 Å². The van der Waals surface area contributed by atoms with Gasteiger partial charge in [0.2, 0.25) is 5.95 Å². The van der Waals surface area contributed by atoms with E-state index in [1.807, 2.05) is 4.23 Å². The van der Waals surface area contributed by atoms with E-state index in [1.54, 1.807) is 6.33 Å². The van der Waals surface area contributed by atoms with Crippen molar-refractivity contribution in [1.29, 1.82) is 0 Å². The Labute approximate surface area is 87.2 Å². The Bertz CT molecular complexity index is 564. The van der Waals surface area contributed by atoms with E-state index in [9.17, 15) is 4.79 Å². The Balaban J connectivity index is 2.86. The van der Waals surface area contributed by atoms with Gasteiger partial charge in [0.25, 0.3) is 5.56 Å². The standard InChI is InChI=1S/C8H13N5OSi/c1-15(2,3)13-4-10-5-6(13)11-8(9)12-7(5)14/h4H,1-3H3,(H3,9,11,12,14). The number of aromatic nitrogens is 4. The van der Waals surface area contributed by atoms with Crippen LogP contribution in [0.25, 0.3) is 11.2 Å². The SMILES string of the molecule is C[Si](C)(C)n1cnc2c(=O)[nH]c(N)nc21. The summed E-state index contributed by atoms with van der Waals surface area (Å²) in [5.41, 5.74) is 6.15. The van der Waals surface area contributed by atoms with Crippen molar-refractivity contribution in [3.8, 4) is 0 Å². The Morgan fingerprint density at radius 1 is 1.47 bits per heavy atom. The number of nitrogens with zero attached hydrogens (tertiary/aromatic N) is 3. The number of rotatable bonds is 1. The highest BCUT2D eigenvalue weighted by Crippen LogP contribution is 2.13. The van der Waals surface area contributed by atoms with Crippen LogP contribution in [0.1, 0.15) is 0 Å². The molecule has 0 aliphatic heterocycles. The lowest BCUT2D eigenvalue weighted by Crippen LogP contribution is -2.31. The number of imidazole rings is 1. The van der Waals surface area contributed by atoms with Crippen LogP contribution in [0.15, 0.2) is 11.1 Å². The fraction of sp³-hybridized carbons (Fsp3) is 0.375. The van der Waals surface area contributed by atoms with E-state index in [1.165, 1.54) is 0 Å². The summed E-state index contributed by atoms with van der Waals surface area (Å²) in [5.74, 6) is 0.132. The highest BCUT2D eigenvalue weighted by molar-refractivity contribution is 6.75. The summed E-state index contributed by atoms with van der Waals surface area (Å²) in [6.45, 7) is 6.44. The molecule has 6 nitrogen and oxygen atoms in total. The van der Waals surface area contributed by atoms with Crippen LogP contribution in [0.3, 0.4) is 0 Å². The van der Waals surface area contributed by atoms with E-state index >= 15 is 0 Å². The average molecular weight is 223 g/mol. The fourth-order valence-corrected chi connectivity index (χ4v) is 2.61. The summed E-state index contributed by atoms with van der Waals surface area (Å²) in [7, 11) is -1.61. The van der Waals surface area contributed by atoms with Crippen LogP contribution in [-0.2, 0) is 0 Å². The maximum absolute atomic E-state index is 11.5. The van der Waals surface area contributed by atoms with Crippen LogP contribution >= 0.6 is 0 Å². The van der Waals surface area contributed by atoms with Crippen LogP contribution in [0.4, 0.5) is 5.95 Å². The lowest BCUT2D eigenvalue weighted by Gasteiger charge is -2.17. The number of hydrogen-bond donors (Lipinski definition) is 2. The van der Waals surface area contributed by atoms with E-state index in [2.05, 4.69) is 34.6 Å². The summed E-state index contributed by atoms with van der Waals surface area (Å²) in [5, 5.41) is 0. The predicted molar refractivity (Wildman–Crippen MR) is 61.3 cm³/mol. The number of aromatic amines is 1. The molecule has 7 heteroatoms. The van der Waals surface area contributed by atoms with Crippen molar-refractivity contribution < 1.29 is 0 Å². The van der Waals surface area contributed by atoms with Gasteiger partial charge in [0, 0.05) is 0 Å². The number of H-pyrrole nitrogens is 1. The van der Waals surface area contributed by atoms with Gasteiger partial charge in [-0.2, -0.15) is 4.98 Å². The minimum atomic E-state index is -1.61. The maximum atomic E-state index is 11.5. The van der Waals surface area contributed by atoms with E-state index < -0.39 is 8.24 Å². The molecular weight excluding hydrogens is 210 g/mol. The molecule has 0 aliphatic rings. The smallest absolute Gasteiger partial charge is 0.280 e. The zero-order chi connectivity index (χ0) is 11.2. The number of nitrogens with one attached hydrogen (secondary N) is 1. The second-order valence-electron chi connectivity index (χ2n) is 4.41. The summed E-state index contributed by atoms with van der Waals surface area (Å²) < 4.78 is 1.97. The molecule has 3 N–H and O–H groups in total. The summed E-state index contributed by atoms with van der Waals surface area (Å²) in [6.07, 6.45) is 1.67. The number of hydrogen-bond acceptors (Lipinski definition) is 4. The molecule has 0 aromatic carbocycles. The molecule has 2 aromatic heterocycles. The van der Waals surface area contributed by atoms with Crippen LogP contribution in [0.5, 0.6) is 0 Å². The number of nitrogen functional groups attached to an aromatic ring is 1. The fourth-order valence-electron chi connectivity index (χ4n) is 1.42. The Kier molecular flexibility index (Phi) is 1.93. The molecule has 15 heavy (non-hydrogen) atoms. The van der Waals surface area contributed by atoms with E-state index in [-0.39, 0.29) is 11.5 Å². The van der Waals surface area contributed by atoms with Crippen molar-refractivity contribution in [1.82, 2.24) is 19.2 Å². The van der Waals surface area contributed by atoms with Gasteiger partial charge in [0.15, 0.2) is 19.4 Å². The first-order valence-corrected chi connectivity index (χ1v) is 8.07. The van der Waals surface area contributed by atoms with Crippen molar-refractivity contribution in [2.24, 2.45) is 0 Å². The number of fused-ring (bicyclic) bond motifs is 1. The third-order valence-corrected chi connectivity index (χ3v) is 3.92. The molecule has 0 spiro atoms. The lowest BCUT2D eigenvalue weighted by atomic mass is 10.5. The van der Waals surface area contributed by atoms with Crippen molar-refractivity contribution in [3.63, 3.8) is 0 Å². The third kappa shape index (κ3) is 1.54. The first-order chi connectivity index (χ1) is 6.89. The summed E-state index contributed by atoms with van der Waals surface area (Å²) >= 11 is 0. The average Bonchev–Trinajstić information content (AvgIpc) is 2.45. The normalized spacial score (nSPS) is 12.2. The van der Waals surface area contributed by atoms with Gasteiger partial charge >= 0.3 is 0 Å². The largest absolute Gasteiger partial charge is 0.369 e. The second kappa shape index (κ2) is 2.93. The molecule has 80 valence electrons. The highest BCUT2D eigenvalue weighted by Gasteiger charge is 2.21. The monoisotopic (exact) mass is 223 g/mol. The molecule has 0 atom stereocenters. The second-order valence-corrected chi connectivity index (χ2v) is 9.23. The van der Waals surface area contributed by atoms with E-state index in [4.69, 9.17) is 5.73 Å². The molecule has 0 saturated heterocycles. The third-order valence-electron chi connectivity index (χ3n) is 2.15. The van der Waals surface area contributed by atoms with Crippen molar-refractivity contribution >= 4 is 25.3 Å². The molecule has 0 unspecified atom stereocenters. The Morgan fingerprint density at radius 2 is 2.13 bits per heavy atom. The number of nitrogens with two attached hydrogens (primary N) is 1. The van der Waals surface area contributed by atoms with Crippen molar-refractivity contribution in [3.05, 3.63) is 16.7 Å². The van der Waals surface area contributed by atoms with Crippen LogP contribution < -0.4 is 11.3 Å². The summed E-state index contributed by atoms with van der Waals surface area (Å²) in [6, 6.07) is 0. The zero-order valence-electron chi connectivity index (χ0n) is 8.90. The van der Waals surface area contributed by atoms with Gasteiger partial charge in [-0.1, -0.05) is 19.6 Å². The van der Waals surface area contributed by atoms with Crippen LogP contribution in [0, 0.1) is 0 Å². The van der Waals surface area contributed by atoms with E-state index in [0.717, 1.165) is 0 Å². The minimum Gasteiger partial charge on any atom is -0.369 e. The van der Waals surface area contributed by atoms with Gasteiger partial charge in [-0.05, 0) is 0 Å². The predicted octanol–water partition coefficient (Wildman–Crippen LogP) is 0.385. The van der Waals surface area contributed by atoms with E-state index in [0.29, 0.717) is 11.2 Å². The van der Waals surface area contributed by atoms with Gasteiger partial charge in [-0.25, -0.2) is 4.98 Å². The molecule has 2 aromatic rings. The molecule has 0 fully saturated rings. The zero-order valence-corrected chi connectivity index (χ0v) is 9.90. The lowest BCUT2D eigenvalue weighted by molar-refractivity contribution is 1.11. The Hall–Kier alpha value is -1.63. The molecular formula is C8H13N5OSi. The van der Waals surface area contributed by atoms with Gasteiger partial charge in [0.05, 0.1) is 6.33 Å².